The minimum atomic E-state index is -0.150. The van der Waals surface area contributed by atoms with Crippen molar-refractivity contribution >= 4 is 11.7 Å². The number of nitrogens with zero attached hydrogens (tertiary/aromatic N) is 1. The fourth-order valence-corrected chi connectivity index (χ4v) is 2.39. The maximum Gasteiger partial charge on any atom is 0.322 e. The Balaban J connectivity index is 2.10. The van der Waals surface area contributed by atoms with Gasteiger partial charge in [0, 0.05) is 23.9 Å². The predicted molar refractivity (Wildman–Crippen MR) is 94.9 cm³/mol. The van der Waals surface area contributed by atoms with Gasteiger partial charge in [0.2, 0.25) is 0 Å². The van der Waals surface area contributed by atoms with E-state index in [4.69, 9.17) is 9.15 Å². The van der Waals surface area contributed by atoms with Crippen LogP contribution in [0.5, 0.6) is 0 Å². The summed E-state index contributed by atoms with van der Waals surface area (Å²) in [5, 5.41) is 2.99. The standard InChI is InChI=1S/C19H26N2O3/c1-5-23-13-16-8-6-7-9-18(16)20-19(22)21(14(2)3)12-17-11-10-15(4)24-17/h6-11,14H,5,12-13H2,1-4H3,(H,20,22). The minimum Gasteiger partial charge on any atom is -0.464 e. The molecule has 5 heteroatoms. The van der Waals surface area contributed by atoms with E-state index in [2.05, 4.69) is 5.32 Å². The Morgan fingerprint density at radius 2 is 2.00 bits per heavy atom. The van der Waals surface area contributed by atoms with Gasteiger partial charge in [0.25, 0.3) is 0 Å². The van der Waals surface area contributed by atoms with Gasteiger partial charge in [-0.05, 0) is 45.9 Å². The normalized spacial score (nSPS) is 10.9. The molecule has 0 fully saturated rings. The molecule has 0 atom stereocenters. The zero-order valence-corrected chi connectivity index (χ0v) is 14.8. The van der Waals surface area contributed by atoms with Crippen LogP contribution in [-0.4, -0.2) is 23.6 Å². The van der Waals surface area contributed by atoms with Gasteiger partial charge in [-0.2, -0.15) is 0 Å². The SMILES string of the molecule is CCOCc1ccccc1NC(=O)N(Cc1ccc(C)o1)C(C)C. The summed E-state index contributed by atoms with van der Waals surface area (Å²) in [6, 6.07) is 11.4. The number of amides is 2. The summed E-state index contributed by atoms with van der Waals surface area (Å²) in [7, 11) is 0. The first-order valence-corrected chi connectivity index (χ1v) is 8.29. The molecule has 0 spiro atoms. The number of ether oxygens (including phenoxy) is 1. The van der Waals surface area contributed by atoms with Crippen LogP contribution in [0.3, 0.4) is 0 Å². The lowest BCUT2D eigenvalue weighted by molar-refractivity contribution is 0.134. The molecule has 2 rings (SSSR count). The van der Waals surface area contributed by atoms with Gasteiger partial charge in [-0.1, -0.05) is 18.2 Å². The summed E-state index contributed by atoms with van der Waals surface area (Å²) >= 11 is 0. The number of carbonyl (C=O) groups excluding carboxylic acids is 1. The van der Waals surface area contributed by atoms with Crippen LogP contribution < -0.4 is 5.32 Å². The Morgan fingerprint density at radius 1 is 1.25 bits per heavy atom. The zero-order chi connectivity index (χ0) is 17.5. The Morgan fingerprint density at radius 3 is 2.62 bits per heavy atom. The van der Waals surface area contributed by atoms with Gasteiger partial charge in [0.1, 0.15) is 11.5 Å². The highest BCUT2D eigenvalue weighted by atomic mass is 16.5. The van der Waals surface area contributed by atoms with Crippen LogP contribution in [0, 0.1) is 6.92 Å². The molecule has 0 bridgehead atoms. The van der Waals surface area contributed by atoms with Gasteiger partial charge < -0.3 is 19.4 Å². The second kappa shape index (κ2) is 8.55. The first-order valence-electron chi connectivity index (χ1n) is 8.29. The van der Waals surface area contributed by atoms with E-state index in [0.29, 0.717) is 19.8 Å². The first kappa shape index (κ1) is 18.1. The van der Waals surface area contributed by atoms with E-state index in [1.54, 1.807) is 4.90 Å². The quantitative estimate of drug-likeness (QED) is 0.809. The average Bonchev–Trinajstić information content (AvgIpc) is 2.96. The van der Waals surface area contributed by atoms with E-state index in [1.807, 2.05) is 64.1 Å². The number of hydrogen-bond acceptors (Lipinski definition) is 3. The second-order valence-corrected chi connectivity index (χ2v) is 5.96. The molecule has 0 saturated carbocycles. The largest absolute Gasteiger partial charge is 0.464 e. The molecule has 0 radical (unpaired) electrons. The smallest absolute Gasteiger partial charge is 0.322 e. The van der Waals surface area contributed by atoms with Gasteiger partial charge in [0.05, 0.1) is 13.2 Å². The van der Waals surface area contributed by atoms with E-state index < -0.39 is 0 Å². The van der Waals surface area contributed by atoms with Gasteiger partial charge in [-0.15, -0.1) is 0 Å². The number of aryl methyl sites for hydroxylation is 1. The lowest BCUT2D eigenvalue weighted by Crippen LogP contribution is -2.39. The average molecular weight is 330 g/mol. The zero-order valence-electron chi connectivity index (χ0n) is 14.8. The van der Waals surface area contributed by atoms with Gasteiger partial charge >= 0.3 is 6.03 Å². The molecule has 130 valence electrons. The Bertz CT molecular complexity index is 664. The summed E-state index contributed by atoms with van der Waals surface area (Å²) in [5.41, 5.74) is 1.74. The third-order valence-corrected chi connectivity index (χ3v) is 3.73. The molecular weight excluding hydrogens is 304 g/mol. The third kappa shape index (κ3) is 4.86. The Hall–Kier alpha value is -2.27. The molecule has 0 saturated heterocycles. The first-order chi connectivity index (χ1) is 11.5. The summed E-state index contributed by atoms with van der Waals surface area (Å²) in [6.45, 7) is 9.37. The number of furan rings is 1. The summed E-state index contributed by atoms with van der Waals surface area (Å²) in [4.78, 5) is 14.5. The van der Waals surface area contributed by atoms with E-state index in [9.17, 15) is 4.79 Å². The molecule has 1 heterocycles. The van der Waals surface area contributed by atoms with Crippen LogP contribution in [0.15, 0.2) is 40.8 Å². The van der Waals surface area contributed by atoms with Crippen molar-refractivity contribution in [1.29, 1.82) is 0 Å². The second-order valence-electron chi connectivity index (χ2n) is 5.96. The van der Waals surface area contributed by atoms with Crippen LogP contribution in [0.4, 0.5) is 10.5 Å². The maximum absolute atomic E-state index is 12.7. The van der Waals surface area contributed by atoms with Crippen molar-refractivity contribution in [2.45, 2.75) is 46.9 Å². The highest BCUT2D eigenvalue weighted by molar-refractivity contribution is 5.90. The van der Waals surface area contributed by atoms with Crippen molar-refractivity contribution in [3.8, 4) is 0 Å². The fraction of sp³-hybridized carbons (Fsp3) is 0.421. The monoisotopic (exact) mass is 330 g/mol. The molecule has 1 aromatic heterocycles. The molecular formula is C19H26N2O3. The number of urea groups is 1. The summed E-state index contributed by atoms with van der Waals surface area (Å²) < 4.78 is 11.1. The van der Waals surface area contributed by atoms with E-state index in [1.165, 1.54) is 0 Å². The van der Waals surface area contributed by atoms with Crippen molar-refractivity contribution in [2.75, 3.05) is 11.9 Å². The lowest BCUT2D eigenvalue weighted by atomic mass is 10.2. The van der Waals surface area contributed by atoms with Crippen molar-refractivity contribution < 1.29 is 13.9 Å². The highest BCUT2D eigenvalue weighted by Gasteiger charge is 2.19. The van der Waals surface area contributed by atoms with Crippen LogP contribution in [0.1, 0.15) is 37.9 Å². The summed E-state index contributed by atoms with van der Waals surface area (Å²) in [6.07, 6.45) is 0. The van der Waals surface area contributed by atoms with Crippen LogP contribution in [0.25, 0.3) is 0 Å². The number of anilines is 1. The molecule has 1 aromatic carbocycles. The predicted octanol–water partition coefficient (Wildman–Crippen LogP) is 4.57. The van der Waals surface area contributed by atoms with Crippen molar-refractivity contribution in [3.63, 3.8) is 0 Å². The Kier molecular flexibility index (Phi) is 6.44. The number of benzene rings is 1. The van der Waals surface area contributed by atoms with Crippen molar-refractivity contribution in [3.05, 3.63) is 53.5 Å². The van der Waals surface area contributed by atoms with Crippen molar-refractivity contribution in [2.24, 2.45) is 0 Å². The maximum atomic E-state index is 12.7. The van der Waals surface area contributed by atoms with Crippen LogP contribution in [0.2, 0.25) is 0 Å². The number of rotatable bonds is 7. The molecule has 0 aliphatic rings. The van der Waals surface area contributed by atoms with Crippen molar-refractivity contribution in [1.82, 2.24) is 4.90 Å². The Labute approximate surface area is 143 Å². The topological polar surface area (TPSA) is 54.7 Å². The number of para-hydroxylation sites is 1. The van der Waals surface area contributed by atoms with Gasteiger partial charge in [-0.25, -0.2) is 4.79 Å². The molecule has 5 nitrogen and oxygen atoms in total. The fourth-order valence-electron chi connectivity index (χ4n) is 2.39. The molecule has 1 N–H and O–H groups in total. The van der Waals surface area contributed by atoms with E-state index in [-0.39, 0.29) is 12.1 Å². The third-order valence-electron chi connectivity index (χ3n) is 3.73. The molecule has 0 unspecified atom stereocenters. The summed E-state index contributed by atoms with van der Waals surface area (Å²) in [5.74, 6) is 1.62. The van der Waals surface area contributed by atoms with Gasteiger partial charge in [-0.3, -0.25) is 0 Å². The molecule has 2 aromatic rings. The number of hydrogen-bond donors (Lipinski definition) is 1. The van der Waals surface area contributed by atoms with E-state index >= 15 is 0 Å². The van der Waals surface area contributed by atoms with E-state index in [0.717, 1.165) is 22.8 Å². The number of nitrogens with one attached hydrogen (secondary N) is 1. The van der Waals surface area contributed by atoms with Gasteiger partial charge in [0.15, 0.2) is 0 Å². The molecule has 0 aliphatic heterocycles. The number of carbonyl (C=O) groups is 1. The lowest BCUT2D eigenvalue weighted by Gasteiger charge is -2.26. The molecule has 0 aliphatic carbocycles. The molecule has 24 heavy (non-hydrogen) atoms. The van der Waals surface area contributed by atoms with Crippen LogP contribution >= 0.6 is 0 Å². The minimum absolute atomic E-state index is 0.0504. The molecule has 2 amide bonds. The van der Waals surface area contributed by atoms with Crippen LogP contribution in [-0.2, 0) is 17.9 Å². The highest BCUT2D eigenvalue weighted by Crippen LogP contribution is 2.19.